The molecule has 3 heterocycles. The molecule has 0 unspecified atom stereocenters. The van der Waals surface area contributed by atoms with Crippen molar-refractivity contribution in [2.45, 2.75) is 32.7 Å². The van der Waals surface area contributed by atoms with Crippen molar-refractivity contribution in [3.63, 3.8) is 0 Å². The summed E-state index contributed by atoms with van der Waals surface area (Å²) in [6.07, 6.45) is 5.67. The van der Waals surface area contributed by atoms with Crippen LogP contribution in [0.3, 0.4) is 0 Å². The number of benzene rings is 2. The topological polar surface area (TPSA) is 101 Å². The minimum absolute atomic E-state index is 0.121. The maximum Gasteiger partial charge on any atom is 0.228 e. The Morgan fingerprint density at radius 1 is 1.06 bits per heavy atom. The zero-order chi connectivity index (χ0) is 24.2. The van der Waals surface area contributed by atoms with Gasteiger partial charge in [0.15, 0.2) is 0 Å². The average Bonchev–Trinajstić information content (AvgIpc) is 2.87. The molecule has 1 amide bonds. The Morgan fingerprint density at radius 2 is 1.97 bits per heavy atom. The van der Waals surface area contributed by atoms with E-state index in [0.29, 0.717) is 23.6 Å². The quantitative estimate of drug-likeness (QED) is 0.369. The lowest BCUT2D eigenvalue weighted by Crippen LogP contribution is -2.38. The normalized spacial score (nSPS) is 15.5. The zero-order valence-electron chi connectivity index (χ0n) is 19.8. The molecule has 4 aromatic rings. The molecule has 1 fully saturated rings. The van der Waals surface area contributed by atoms with Gasteiger partial charge >= 0.3 is 0 Å². The highest BCUT2D eigenvalue weighted by Gasteiger charge is 2.17. The van der Waals surface area contributed by atoms with Gasteiger partial charge in [0.25, 0.3) is 0 Å². The third kappa shape index (κ3) is 5.07. The number of amides is 1. The van der Waals surface area contributed by atoms with Crippen molar-refractivity contribution < 1.29 is 9.53 Å². The molecule has 2 aromatic heterocycles. The van der Waals surface area contributed by atoms with Crippen LogP contribution in [-0.2, 0) is 4.79 Å². The van der Waals surface area contributed by atoms with Crippen LogP contribution in [0.5, 0.6) is 11.6 Å². The van der Waals surface area contributed by atoms with E-state index >= 15 is 0 Å². The molecular weight excluding hydrogens is 440 g/mol. The molecule has 1 aliphatic heterocycles. The van der Waals surface area contributed by atoms with Crippen LogP contribution in [0, 0.1) is 6.92 Å². The standard InChI is InChI=1S/C27H28N6O2/c1-17-10-11-20-21(7-3-9-23(20)31-18(2)34)25(17)35-26-22(8-5-14-29-26)24-12-15-30-27(33-24)32-19-6-4-13-28-16-19/h3,5,7-12,14-15,19,28H,4,6,13,16H2,1-2H3,(H,31,34)(H,30,32,33)/t19-/m0/s1. The molecule has 1 aliphatic rings. The Hall–Kier alpha value is -4.04. The molecule has 3 N–H and O–H groups in total. The van der Waals surface area contributed by atoms with Crippen LogP contribution in [0.15, 0.2) is 60.9 Å². The molecule has 1 saturated heterocycles. The summed E-state index contributed by atoms with van der Waals surface area (Å²) in [6, 6.07) is 15.7. The van der Waals surface area contributed by atoms with Crippen LogP contribution in [0.25, 0.3) is 22.0 Å². The number of anilines is 2. The fourth-order valence-electron chi connectivity index (χ4n) is 4.37. The molecule has 1 atom stereocenters. The van der Waals surface area contributed by atoms with E-state index in [1.54, 1.807) is 12.4 Å². The van der Waals surface area contributed by atoms with Gasteiger partial charge in [-0.2, -0.15) is 0 Å². The molecule has 0 aliphatic carbocycles. The highest BCUT2D eigenvalue weighted by molar-refractivity contribution is 6.04. The minimum Gasteiger partial charge on any atom is -0.437 e. The molecule has 0 bridgehead atoms. The fourth-order valence-corrected chi connectivity index (χ4v) is 4.37. The molecule has 2 aromatic carbocycles. The number of piperidine rings is 1. The van der Waals surface area contributed by atoms with Gasteiger partial charge in [-0.25, -0.2) is 15.0 Å². The summed E-state index contributed by atoms with van der Waals surface area (Å²) in [5.74, 6) is 1.62. The van der Waals surface area contributed by atoms with E-state index < -0.39 is 0 Å². The van der Waals surface area contributed by atoms with Crippen molar-refractivity contribution >= 4 is 28.3 Å². The van der Waals surface area contributed by atoms with Crippen molar-refractivity contribution in [3.05, 3.63) is 66.5 Å². The van der Waals surface area contributed by atoms with Crippen molar-refractivity contribution in [2.75, 3.05) is 23.7 Å². The monoisotopic (exact) mass is 468 g/mol. The number of rotatable bonds is 6. The molecule has 178 valence electrons. The SMILES string of the molecule is CC(=O)Nc1cccc2c(Oc3ncccc3-c3ccnc(N[C@H]4CCCNC4)n3)c(C)ccc12. The Labute approximate surface area is 204 Å². The largest absolute Gasteiger partial charge is 0.437 e. The van der Waals surface area contributed by atoms with Crippen LogP contribution in [0.1, 0.15) is 25.3 Å². The van der Waals surface area contributed by atoms with Crippen LogP contribution >= 0.6 is 0 Å². The predicted octanol–water partition coefficient (Wildman–Crippen LogP) is 4.91. The molecule has 0 spiro atoms. The Balaban J connectivity index is 1.49. The lowest BCUT2D eigenvalue weighted by Gasteiger charge is -2.23. The van der Waals surface area contributed by atoms with E-state index in [1.165, 1.54) is 6.92 Å². The summed E-state index contributed by atoms with van der Waals surface area (Å²) < 4.78 is 6.44. The van der Waals surface area contributed by atoms with Crippen LogP contribution in [0.2, 0.25) is 0 Å². The first-order chi connectivity index (χ1) is 17.1. The number of ether oxygens (including phenoxy) is 1. The minimum atomic E-state index is -0.121. The summed E-state index contributed by atoms with van der Waals surface area (Å²) in [5.41, 5.74) is 3.20. The van der Waals surface area contributed by atoms with Gasteiger partial charge in [-0.05, 0) is 56.1 Å². The number of aryl methyl sites for hydroxylation is 1. The number of hydrogen-bond donors (Lipinski definition) is 3. The Morgan fingerprint density at radius 3 is 2.80 bits per heavy atom. The average molecular weight is 469 g/mol. The Kier molecular flexibility index (Phi) is 6.54. The van der Waals surface area contributed by atoms with E-state index in [1.807, 2.05) is 55.5 Å². The smallest absolute Gasteiger partial charge is 0.228 e. The lowest BCUT2D eigenvalue weighted by molar-refractivity contribution is -0.114. The van der Waals surface area contributed by atoms with Crippen molar-refractivity contribution in [2.24, 2.45) is 0 Å². The molecular formula is C27H28N6O2. The van der Waals surface area contributed by atoms with Crippen molar-refractivity contribution in [1.82, 2.24) is 20.3 Å². The molecule has 0 radical (unpaired) electrons. The number of fused-ring (bicyclic) bond motifs is 1. The third-order valence-electron chi connectivity index (χ3n) is 6.05. The lowest BCUT2D eigenvalue weighted by atomic mass is 10.0. The van der Waals surface area contributed by atoms with Crippen molar-refractivity contribution in [1.29, 1.82) is 0 Å². The number of carbonyl (C=O) groups excluding carboxylic acids is 1. The zero-order valence-corrected chi connectivity index (χ0v) is 19.8. The second kappa shape index (κ2) is 10.1. The summed E-state index contributed by atoms with van der Waals surface area (Å²) in [4.78, 5) is 25.4. The van der Waals surface area contributed by atoms with E-state index in [4.69, 9.17) is 9.72 Å². The Bertz CT molecular complexity index is 1370. The number of pyridine rings is 1. The molecule has 8 heteroatoms. The number of nitrogens with one attached hydrogen (secondary N) is 3. The highest BCUT2D eigenvalue weighted by atomic mass is 16.5. The van der Waals surface area contributed by atoms with Gasteiger partial charge in [-0.1, -0.05) is 24.3 Å². The first-order valence-corrected chi connectivity index (χ1v) is 11.8. The predicted molar refractivity (Wildman–Crippen MR) is 138 cm³/mol. The fraction of sp³-hybridized carbons (Fsp3) is 0.259. The van der Waals surface area contributed by atoms with Crippen LogP contribution in [0.4, 0.5) is 11.6 Å². The summed E-state index contributed by atoms with van der Waals surface area (Å²) in [5, 5.41) is 11.5. The second-order valence-electron chi connectivity index (χ2n) is 8.70. The molecule has 8 nitrogen and oxygen atoms in total. The van der Waals surface area contributed by atoms with Crippen LogP contribution in [-0.4, -0.2) is 40.0 Å². The number of hydrogen-bond acceptors (Lipinski definition) is 7. The van der Waals surface area contributed by atoms with Gasteiger partial charge < -0.3 is 20.7 Å². The van der Waals surface area contributed by atoms with E-state index in [0.717, 1.165) is 59.2 Å². The van der Waals surface area contributed by atoms with Gasteiger partial charge in [0.05, 0.1) is 11.3 Å². The number of carbonyl (C=O) groups is 1. The van der Waals surface area contributed by atoms with Crippen molar-refractivity contribution in [3.8, 4) is 22.9 Å². The molecule has 35 heavy (non-hydrogen) atoms. The van der Waals surface area contributed by atoms with Gasteiger partial charge in [-0.15, -0.1) is 0 Å². The maximum atomic E-state index is 11.7. The van der Waals surface area contributed by atoms with Gasteiger partial charge in [0.1, 0.15) is 5.75 Å². The van der Waals surface area contributed by atoms with Gasteiger partial charge in [0.2, 0.25) is 17.7 Å². The third-order valence-corrected chi connectivity index (χ3v) is 6.05. The summed E-state index contributed by atoms with van der Waals surface area (Å²) in [6.45, 7) is 5.44. The van der Waals surface area contributed by atoms with Gasteiger partial charge in [0, 0.05) is 48.4 Å². The van der Waals surface area contributed by atoms with E-state index in [-0.39, 0.29) is 5.91 Å². The summed E-state index contributed by atoms with van der Waals surface area (Å²) in [7, 11) is 0. The number of nitrogens with zero attached hydrogens (tertiary/aromatic N) is 3. The molecule has 0 saturated carbocycles. The molecule has 5 rings (SSSR count). The highest BCUT2D eigenvalue weighted by Crippen LogP contribution is 2.38. The second-order valence-corrected chi connectivity index (χ2v) is 8.70. The van der Waals surface area contributed by atoms with Gasteiger partial charge in [-0.3, -0.25) is 4.79 Å². The first kappa shape index (κ1) is 22.7. The maximum absolute atomic E-state index is 11.7. The first-order valence-electron chi connectivity index (χ1n) is 11.8. The van der Waals surface area contributed by atoms with Crippen LogP contribution < -0.4 is 20.7 Å². The number of aromatic nitrogens is 3. The summed E-state index contributed by atoms with van der Waals surface area (Å²) >= 11 is 0. The van der Waals surface area contributed by atoms with E-state index in [2.05, 4.69) is 25.9 Å². The van der Waals surface area contributed by atoms with E-state index in [9.17, 15) is 4.79 Å².